The van der Waals surface area contributed by atoms with Gasteiger partial charge in [-0.05, 0) is 39.5 Å². The Kier molecular flexibility index (Phi) is 11.6. The molecular weight excluding hydrogens is 234 g/mol. The summed E-state index contributed by atoms with van der Waals surface area (Å²) in [5.41, 5.74) is 0. The van der Waals surface area contributed by atoms with Gasteiger partial charge in [-0.1, -0.05) is 34.6 Å². The maximum absolute atomic E-state index is 2.72. The highest BCUT2D eigenvalue weighted by Gasteiger charge is 2.25. The third-order valence-corrected chi connectivity index (χ3v) is 4.06. The fourth-order valence-electron chi connectivity index (χ4n) is 2.80. The summed E-state index contributed by atoms with van der Waals surface area (Å²) in [6.07, 6.45) is 2.76. The molecule has 2 saturated heterocycles. The summed E-state index contributed by atoms with van der Waals surface area (Å²) in [7, 11) is 2.24. The molecular formula is C16H37N3. The molecule has 116 valence electrons. The van der Waals surface area contributed by atoms with Crippen LogP contribution in [0, 0.1) is 0 Å². The molecule has 3 heteroatoms. The Labute approximate surface area is 121 Å². The number of hydrogen-bond acceptors (Lipinski definition) is 3. The van der Waals surface area contributed by atoms with Crippen molar-refractivity contribution in [3.8, 4) is 0 Å². The molecule has 0 unspecified atom stereocenters. The van der Waals surface area contributed by atoms with Crippen molar-refractivity contribution in [2.45, 2.75) is 53.5 Å². The number of piperidine rings is 1. The molecule has 3 nitrogen and oxygen atoms in total. The molecule has 2 aliphatic rings. The Bertz CT molecular complexity index is 180. The van der Waals surface area contributed by atoms with E-state index in [0.29, 0.717) is 0 Å². The van der Waals surface area contributed by atoms with Gasteiger partial charge in [0.15, 0.2) is 0 Å². The van der Waals surface area contributed by atoms with E-state index in [0.717, 1.165) is 6.04 Å². The quantitative estimate of drug-likeness (QED) is 0.765. The minimum Gasteiger partial charge on any atom is -0.306 e. The average Bonchev–Trinajstić information content (AvgIpc) is 2.52. The molecule has 2 heterocycles. The van der Waals surface area contributed by atoms with Gasteiger partial charge in [-0.2, -0.15) is 0 Å². The first-order valence-corrected chi connectivity index (χ1v) is 8.44. The van der Waals surface area contributed by atoms with Crippen molar-refractivity contribution in [3.63, 3.8) is 0 Å². The van der Waals surface area contributed by atoms with Crippen LogP contribution in [-0.4, -0.2) is 73.6 Å². The van der Waals surface area contributed by atoms with Crippen LogP contribution in [0.25, 0.3) is 0 Å². The van der Waals surface area contributed by atoms with E-state index < -0.39 is 0 Å². The van der Waals surface area contributed by atoms with Gasteiger partial charge in [0, 0.05) is 32.2 Å². The number of piperazine rings is 1. The van der Waals surface area contributed by atoms with Crippen LogP contribution in [0.1, 0.15) is 47.5 Å². The van der Waals surface area contributed by atoms with E-state index in [-0.39, 0.29) is 0 Å². The zero-order chi connectivity index (χ0) is 14.7. The van der Waals surface area contributed by atoms with E-state index in [4.69, 9.17) is 0 Å². The maximum atomic E-state index is 2.72. The molecule has 0 atom stereocenters. The Morgan fingerprint density at radius 3 is 1.68 bits per heavy atom. The Hall–Kier alpha value is -0.120. The molecule has 0 aromatic rings. The van der Waals surface area contributed by atoms with Crippen LogP contribution < -0.4 is 0 Å². The van der Waals surface area contributed by atoms with Crippen LogP contribution in [0.3, 0.4) is 0 Å². The number of likely N-dealkylation sites (tertiary alicyclic amines) is 1. The maximum Gasteiger partial charge on any atom is 0.0121 e. The highest BCUT2D eigenvalue weighted by atomic mass is 15.3. The van der Waals surface area contributed by atoms with Gasteiger partial charge in [0.2, 0.25) is 0 Å². The summed E-state index contributed by atoms with van der Waals surface area (Å²) >= 11 is 0. The number of rotatable bonds is 2. The lowest BCUT2D eigenvalue weighted by Crippen LogP contribution is -2.52. The Morgan fingerprint density at radius 2 is 1.26 bits per heavy atom. The van der Waals surface area contributed by atoms with Crippen LogP contribution >= 0.6 is 0 Å². The van der Waals surface area contributed by atoms with Crippen LogP contribution in [0.4, 0.5) is 0 Å². The number of hydrogen-bond donors (Lipinski definition) is 0. The molecule has 0 bridgehead atoms. The first-order valence-electron chi connectivity index (χ1n) is 8.44. The standard InChI is InChI=1S/C12H25N3.2C2H6/c1-3-14-8-10-15(11-9-14)12-4-6-13(2)7-5-12;2*1-2/h12H,3-11H2,1-2H3;2*1-2H3. The fourth-order valence-corrected chi connectivity index (χ4v) is 2.80. The summed E-state index contributed by atoms with van der Waals surface area (Å²) in [6, 6.07) is 0.875. The largest absolute Gasteiger partial charge is 0.306 e. The van der Waals surface area contributed by atoms with Gasteiger partial charge in [-0.3, -0.25) is 4.90 Å². The Balaban J connectivity index is 0.000000741. The van der Waals surface area contributed by atoms with Gasteiger partial charge in [-0.25, -0.2) is 0 Å². The molecule has 0 aliphatic carbocycles. The lowest BCUT2D eigenvalue weighted by atomic mass is 10.0. The summed E-state index contributed by atoms with van der Waals surface area (Å²) in [5.74, 6) is 0. The van der Waals surface area contributed by atoms with E-state index in [1.54, 1.807) is 0 Å². The van der Waals surface area contributed by atoms with Crippen molar-refractivity contribution in [2.24, 2.45) is 0 Å². The van der Waals surface area contributed by atoms with Crippen molar-refractivity contribution >= 4 is 0 Å². The first kappa shape index (κ1) is 18.9. The van der Waals surface area contributed by atoms with Gasteiger partial charge < -0.3 is 9.80 Å². The molecule has 2 fully saturated rings. The molecule has 2 rings (SSSR count). The van der Waals surface area contributed by atoms with Gasteiger partial charge in [0.1, 0.15) is 0 Å². The van der Waals surface area contributed by atoms with Gasteiger partial charge in [0.05, 0.1) is 0 Å². The minimum atomic E-state index is 0.875. The SMILES string of the molecule is CC.CC.CCN1CCN(C2CCN(C)CC2)CC1. The van der Waals surface area contributed by atoms with E-state index in [1.165, 1.54) is 58.7 Å². The molecule has 2 aliphatic heterocycles. The molecule has 0 saturated carbocycles. The van der Waals surface area contributed by atoms with Gasteiger partial charge in [0.25, 0.3) is 0 Å². The third-order valence-electron chi connectivity index (χ3n) is 4.06. The summed E-state index contributed by atoms with van der Waals surface area (Å²) < 4.78 is 0. The zero-order valence-electron chi connectivity index (χ0n) is 14.3. The highest BCUT2D eigenvalue weighted by Crippen LogP contribution is 2.17. The van der Waals surface area contributed by atoms with Crippen molar-refractivity contribution in [3.05, 3.63) is 0 Å². The summed E-state index contributed by atoms with van der Waals surface area (Å²) in [6.45, 7) is 19.2. The van der Waals surface area contributed by atoms with Crippen LogP contribution in [-0.2, 0) is 0 Å². The van der Waals surface area contributed by atoms with Crippen molar-refractivity contribution in [1.82, 2.24) is 14.7 Å². The molecule has 19 heavy (non-hydrogen) atoms. The second-order valence-electron chi connectivity index (χ2n) is 5.00. The average molecular weight is 271 g/mol. The molecule has 0 aromatic carbocycles. The zero-order valence-corrected chi connectivity index (χ0v) is 14.3. The first-order chi connectivity index (χ1) is 9.29. The van der Waals surface area contributed by atoms with Crippen LogP contribution in [0.15, 0.2) is 0 Å². The molecule has 0 amide bonds. The van der Waals surface area contributed by atoms with Crippen molar-refractivity contribution in [1.29, 1.82) is 0 Å². The van der Waals surface area contributed by atoms with Crippen molar-refractivity contribution in [2.75, 3.05) is 52.9 Å². The second-order valence-corrected chi connectivity index (χ2v) is 5.00. The predicted molar refractivity (Wildman–Crippen MR) is 86.9 cm³/mol. The number of likely N-dealkylation sites (N-methyl/N-ethyl adjacent to an activating group) is 1. The smallest absolute Gasteiger partial charge is 0.0121 e. The third kappa shape index (κ3) is 6.73. The van der Waals surface area contributed by atoms with E-state index in [1.807, 2.05) is 27.7 Å². The molecule has 0 N–H and O–H groups in total. The lowest BCUT2D eigenvalue weighted by Gasteiger charge is -2.42. The predicted octanol–water partition coefficient (Wildman–Crippen LogP) is 2.77. The normalized spacial score (nSPS) is 23.1. The molecule has 0 aromatic heterocycles. The lowest BCUT2D eigenvalue weighted by molar-refractivity contribution is 0.0668. The minimum absolute atomic E-state index is 0.875. The topological polar surface area (TPSA) is 9.72 Å². The van der Waals surface area contributed by atoms with E-state index in [9.17, 15) is 0 Å². The fraction of sp³-hybridized carbons (Fsp3) is 1.00. The van der Waals surface area contributed by atoms with Crippen LogP contribution in [0.5, 0.6) is 0 Å². The summed E-state index contributed by atoms with van der Waals surface area (Å²) in [5, 5.41) is 0. The van der Waals surface area contributed by atoms with Gasteiger partial charge in [-0.15, -0.1) is 0 Å². The Morgan fingerprint density at radius 1 is 0.789 bits per heavy atom. The molecule has 0 radical (unpaired) electrons. The highest BCUT2D eigenvalue weighted by molar-refractivity contribution is 4.82. The van der Waals surface area contributed by atoms with Crippen LogP contribution in [0.2, 0.25) is 0 Å². The van der Waals surface area contributed by atoms with E-state index in [2.05, 4.69) is 28.7 Å². The summed E-state index contributed by atoms with van der Waals surface area (Å²) in [4.78, 5) is 7.74. The molecule has 0 spiro atoms. The van der Waals surface area contributed by atoms with E-state index >= 15 is 0 Å². The van der Waals surface area contributed by atoms with Gasteiger partial charge >= 0.3 is 0 Å². The van der Waals surface area contributed by atoms with Crippen molar-refractivity contribution < 1.29 is 0 Å². The monoisotopic (exact) mass is 271 g/mol. The second kappa shape index (κ2) is 11.7. The number of nitrogens with zero attached hydrogens (tertiary/aromatic N) is 3.